The SMILES string of the molecule is COCCCCN=C(N)NO. The monoisotopic (exact) mass is 161 g/mol. The van der Waals surface area contributed by atoms with Gasteiger partial charge in [0.1, 0.15) is 0 Å². The van der Waals surface area contributed by atoms with Gasteiger partial charge in [-0.25, -0.2) is 5.48 Å². The number of methoxy groups -OCH3 is 1. The predicted molar refractivity (Wildman–Crippen MR) is 42.5 cm³/mol. The minimum atomic E-state index is 0.0578. The lowest BCUT2D eigenvalue weighted by Crippen LogP contribution is -2.28. The predicted octanol–water partition coefficient (Wildman–Crippen LogP) is -0.293. The second kappa shape index (κ2) is 7.30. The molecule has 0 spiro atoms. The van der Waals surface area contributed by atoms with E-state index in [4.69, 9.17) is 15.7 Å². The van der Waals surface area contributed by atoms with Crippen molar-refractivity contribution in [1.82, 2.24) is 5.48 Å². The minimum absolute atomic E-state index is 0.0578. The van der Waals surface area contributed by atoms with Crippen LogP contribution in [0.3, 0.4) is 0 Å². The standard InChI is InChI=1S/C6H15N3O2/c1-11-5-3-2-4-8-6(7)9-10/h10H,2-5H2,1H3,(H3,7,8,9). The van der Waals surface area contributed by atoms with Gasteiger partial charge in [-0.2, -0.15) is 0 Å². The summed E-state index contributed by atoms with van der Waals surface area (Å²) in [7, 11) is 1.66. The van der Waals surface area contributed by atoms with Crippen molar-refractivity contribution in [2.45, 2.75) is 12.8 Å². The molecule has 0 amide bonds. The Bertz CT molecular complexity index is 116. The Labute approximate surface area is 66.2 Å². The molecular formula is C6H15N3O2. The molecule has 0 fully saturated rings. The molecule has 0 saturated heterocycles. The molecule has 0 aromatic carbocycles. The molecule has 0 aliphatic carbocycles. The number of hydroxylamine groups is 1. The average molecular weight is 161 g/mol. The van der Waals surface area contributed by atoms with Gasteiger partial charge in [-0.3, -0.25) is 10.2 Å². The fourth-order valence-electron chi connectivity index (χ4n) is 0.593. The number of hydrogen-bond donors (Lipinski definition) is 3. The molecule has 4 N–H and O–H groups in total. The first-order valence-corrected chi connectivity index (χ1v) is 3.50. The van der Waals surface area contributed by atoms with E-state index in [1.807, 2.05) is 0 Å². The highest BCUT2D eigenvalue weighted by Crippen LogP contribution is 1.88. The van der Waals surface area contributed by atoms with Crippen LogP contribution >= 0.6 is 0 Å². The number of nitrogens with one attached hydrogen (secondary N) is 1. The number of nitrogens with zero attached hydrogens (tertiary/aromatic N) is 1. The van der Waals surface area contributed by atoms with Crippen molar-refractivity contribution in [2.24, 2.45) is 10.7 Å². The summed E-state index contributed by atoms with van der Waals surface area (Å²) in [5.74, 6) is 0.0578. The topological polar surface area (TPSA) is 79.9 Å². The summed E-state index contributed by atoms with van der Waals surface area (Å²) in [5.41, 5.74) is 6.90. The van der Waals surface area contributed by atoms with E-state index in [-0.39, 0.29) is 5.96 Å². The molecule has 0 saturated carbocycles. The van der Waals surface area contributed by atoms with E-state index in [0.29, 0.717) is 6.54 Å². The van der Waals surface area contributed by atoms with Crippen molar-refractivity contribution in [1.29, 1.82) is 0 Å². The minimum Gasteiger partial charge on any atom is -0.385 e. The zero-order chi connectivity index (χ0) is 8.53. The van der Waals surface area contributed by atoms with Crippen LogP contribution in [0.25, 0.3) is 0 Å². The lowest BCUT2D eigenvalue weighted by atomic mass is 10.3. The van der Waals surface area contributed by atoms with Crippen molar-refractivity contribution >= 4 is 5.96 Å². The summed E-state index contributed by atoms with van der Waals surface area (Å²) in [6.45, 7) is 1.35. The van der Waals surface area contributed by atoms with E-state index < -0.39 is 0 Å². The van der Waals surface area contributed by atoms with E-state index in [0.717, 1.165) is 19.4 Å². The highest BCUT2D eigenvalue weighted by atomic mass is 16.5. The van der Waals surface area contributed by atoms with E-state index in [1.54, 1.807) is 12.6 Å². The summed E-state index contributed by atoms with van der Waals surface area (Å²) in [5, 5.41) is 8.21. The van der Waals surface area contributed by atoms with Gasteiger partial charge in [-0.05, 0) is 12.8 Å². The van der Waals surface area contributed by atoms with Crippen LogP contribution in [0.1, 0.15) is 12.8 Å². The number of rotatable bonds is 5. The van der Waals surface area contributed by atoms with Gasteiger partial charge >= 0.3 is 0 Å². The van der Waals surface area contributed by atoms with Crippen LogP contribution in [0.2, 0.25) is 0 Å². The number of aliphatic imine (C=N–C) groups is 1. The maximum Gasteiger partial charge on any atom is 0.212 e. The average Bonchev–Trinajstić information content (AvgIpc) is 2.04. The van der Waals surface area contributed by atoms with Crippen LogP contribution < -0.4 is 11.2 Å². The van der Waals surface area contributed by atoms with Gasteiger partial charge in [-0.1, -0.05) is 0 Å². The fourth-order valence-corrected chi connectivity index (χ4v) is 0.593. The van der Waals surface area contributed by atoms with Crippen LogP contribution in [-0.2, 0) is 4.74 Å². The zero-order valence-electron chi connectivity index (χ0n) is 6.71. The molecule has 0 aliphatic heterocycles. The third-order valence-corrected chi connectivity index (χ3v) is 1.15. The smallest absolute Gasteiger partial charge is 0.212 e. The Kier molecular flexibility index (Phi) is 6.76. The lowest BCUT2D eigenvalue weighted by molar-refractivity contribution is 0.193. The van der Waals surface area contributed by atoms with Crippen molar-refractivity contribution in [3.05, 3.63) is 0 Å². The van der Waals surface area contributed by atoms with E-state index in [9.17, 15) is 0 Å². The Morgan fingerprint density at radius 3 is 2.91 bits per heavy atom. The molecule has 0 aromatic rings. The first-order valence-electron chi connectivity index (χ1n) is 3.50. The first kappa shape index (κ1) is 10.2. The van der Waals surface area contributed by atoms with Crippen molar-refractivity contribution in [3.63, 3.8) is 0 Å². The summed E-state index contributed by atoms with van der Waals surface area (Å²) >= 11 is 0. The molecule has 66 valence electrons. The molecule has 5 nitrogen and oxygen atoms in total. The highest BCUT2D eigenvalue weighted by molar-refractivity contribution is 5.76. The van der Waals surface area contributed by atoms with Gasteiger partial charge in [0.25, 0.3) is 0 Å². The van der Waals surface area contributed by atoms with Gasteiger partial charge in [-0.15, -0.1) is 0 Å². The van der Waals surface area contributed by atoms with Gasteiger partial charge in [0.15, 0.2) is 0 Å². The van der Waals surface area contributed by atoms with Crippen LogP contribution in [0.4, 0.5) is 0 Å². The molecule has 0 bridgehead atoms. The molecule has 0 heterocycles. The number of hydrogen-bond acceptors (Lipinski definition) is 3. The Morgan fingerprint density at radius 2 is 2.36 bits per heavy atom. The summed E-state index contributed by atoms with van der Waals surface area (Å²) < 4.78 is 4.83. The number of ether oxygens (including phenoxy) is 1. The molecule has 5 heteroatoms. The van der Waals surface area contributed by atoms with Crippen LogP contribution in [-0.4, -0.2) is 31.4 Å². The van der Waals surface area contributed by atoms with Gasteiger partial charge < -0.3 is 10.5 Å². The van der Waals surface area contributed by atoms with Crippen molar-refractivity contribution in [3.8, 4) is 0 Å². The summed E-state index contributed by atoms with van der Waals surface area (Å²) in [6, 6.07) is 0. The molecule has 0 rings (SSSR count). The van der Waals surface area contributed by atoms with E-state index >= 15 is 0 Å². The Morgan fingerprint density at radius 1 is 1.64 bits per heavy atom. The molecule has 0 radical (unpaired) electrons. The molecule has 0 unspecified atom stereocenters. The lowest BCUT2D eigenvalue weighted by Gasteiger charge is -1.97. The van der Waals surface area contributed by atoms with E-state index in [2.05, 4.69) is 4.99 Å². The normalized spacial score (nSPS) is 11.6. The maximum absolute atomic E-state index is 8.21. The maximum atomic E-state index is 8.21. The van der Waals surface area contributed by atoms with Gasteiger partial charge in [0.05, 0.1) is 0 Å². The second-order valence-electron chi connectivity index (χ2n) is 2.08. The van der Waals surface area contributed by atoms with Crippen molar-refractivity contribution in [2.75, 3.05) is 20.3 Å². The van der Waals surface area contributed by atoms with Gasteiger partial charge in [0, 0.05) is 20.3 Å². The summed E-state index contributed by atoms with van der Waals surface area (Å²) in [4.78, 5) is 3.79. The molecular weight excluding hydrogens is 146 g/mol. The number of unbranched alkanes of at least 4 members (excludes halogenated alkanes) is 1. The largest absolute Gasteiger partial charge is 0.385 e. The van der Waals surface area contributed by atoms with Crippen LogP contribution in [0.15, 0.2) is 4.99 Å². The Balaban J connectivity index is 3.12. The number of nitrogens with two attached hydrogens (primary N) is 1. The molecule has 0 atom stereocenters. The molecule has 11 heavy (non-hydrogen) atoms. The number of guanidine groups is 1. The van der Waals surface area contributed by atoms with E-state index in [1.165, 1.54) is 0 Å². The molecule has 0 aromatic heterocycles. The highest BCUT2D eigenvalue weighted by Gasteiger charge is 1.87. The van der Waals surface area contributed by atoms with Crippen LogP contribution in [0, 0.1) is 0 Å². The second-order valence-corrected chi connectivity index (χ2v) is 2.08. The van der Waals surface area contributed by atoms with Gasteiger partial charge in [0.2, 0.25) is 5.96 Å². The quantitative estimate of drug-likeness (QED) is 0.224. The van der Waals surface area contributed by atoms with Crippen LogP contribution in [0.5, 0.6) is 0 Å². The summed E-state index contributed by atoms with van der Waals surface area (Å²) in [6.07, 6.45) is 1.87. The van der Waals surface area contributed by atoms with Crippen molar-refractivity contribution < 1.29 is 9.94 Å². The molecule has 0 aliphatic rings. The first-order chi connectivity index (χ1) is 5.31. The Hall–Kier alpha value is -0.810. The third kappa shape index (κ3) is 7.08. The zero-order valence-corrected chi connectivity index (χ0v) is 6.71. The third-order valence-electron chi connectivity index (χ3n) is 1.15. The fraction of sp³-hybridized carbons (Fsp3) is 0.833.